The normalized spacial score (nSPS) is 26.0. The molecule has 3 saturated heterocycles. The number of carbonyl (C=O) groups is 1. The molecule has 0 aromatic heterocycles. The second kappa shape index (κ2) is 9.07. The van der Waals surface area contributed by atoms with Crippen LogP contribution in [-0.2, 0) is 4.79 Å². The van der Waals surface area contributed by atoms with Gasteiger partial charge < -0.3 is 24.2 Å². The fourth-order valence-electron chi connectivity index (χ4n) is 5.69. The topological polar surface area (TPSA) is 69.1 Å². The van der Waals surface area contributed by atoms with E-state index in [2.05, 4.69) is 29.0 Å². The molecule has 1 N–H and O–H groups in total. The Hall–Kier alpha value is -2.28. The molecule has 0 saturated carbocycles. The van der Waals surface area contributed by atoms with Crippen LogP contribution in [0.25, 0.3) is 0 Å². The van der Waals surface area contributed by atoms with Crippen LogP contribution in [0.2, 0.25) is 0 Å². The number of amides is 1. The van der Waals surface area contributed by atoms with Crippen molar-refractivity contribution in [2.24, 2.45) is 5.92 Å². The summed E-state index contributed by atoms with van der Waals surface area (Å²) in [6.45, 7) is 5.47. The predicted molar refractivity (Wildman–Crippen MR) is 121 cm³/mol. The Bertz CT molecular complexity index is 791. The second-order valence-electron chi connectivity index (χ2n) is 9.28. The lowest BCUT2D eigenvalue weighted by Gasteiger charge is -2.58. The van der Waals surface area contributed by atoms with Gasteiger partial charge >= 0.3 is 0 Å². The highest BCUT2D eigenvalue weighted by Gasteiger charge is 2.52. The fourth-order valence-corrected chi connectivity index (χ4v) is 5.69. The molecule has 4 rings (SSSR count). The number of carbonyl (C=O) groups excluding carboxylic acids is 1. The summed E-state index contributed by atoms with van der Waals surface area (Å²) >= 11 is 0. The summed E-state index contributed by atoms with van der Waals surface area (Å²) in [6, 6.07) is 6.74. The summed E-state index contributed by atoms with van der Waals surface area (Å²) in [5, 5.41) is 9.05. The maximum atomic E-state index is 11.8. The monoisotopic (exact) mass is 428 g/mol. The summed E-state index contributed by atoms with van der Waals surface area (Å²) in [5.74, 6) is 2.96. The Morgan fingerprint density at radius 1 is 0.968 bits per heavy atom. The minimum atomic E-state index is 0.0533. The van der Waals surface area contributed by atoms with Gasteiger partial charge in [0.1, 0.15) is 17.3 Å². The lowest BCUT2D eigenvalue weighted by atomic mass is 9.70. The molecule has 1 aromatic carbocycles. The number of nitrogens with zero attached hydrogens (tertiary/aromatic N) is 3. The Morgan fingerprint density at radius 2 is 1.55 bits per heavy atom. The molecule has 7 heteroatoms. The summed E-state index contributed by atoms with van der Waals surface area (Å²) < 4.78 is 11.0. The lowest BCUT2D eigenvalue weighted by Crippen LogP contribution is -2.67. The average molecular weight is 429 g/mol. The van der Waals surface area contributed by atoms with Gasteiger partial charge in [-0.3, -0.25) is 10.2 Å². The van der Waals surface area contributed by atoms with Crippen LogP contribution < -0.4 is 9.47 Å². The first kappa shape index (κ1) is 21.9. The van der Waals surface area contributed by atoms with Gasteiger partial charge in [0.15, 0.2) is 0 Å². The molecular weight excluding hydrogens is 392 g/mol. The number of methoxy groups -OCH3 is 2. The van der Waals surface area contributed by atoms with Crippen LogP contribution in [0, 0.1) is 11.3 Å². The number of rotatable bonds is 5. The first-order valence-corrected chi connectivity index (χ1v) is 11.5. The van der Waals surface area contributed by atoms with Crippen molar-refractivity contribution in [1.29, 1.82) is 5.41 Å². The van der Waals surface area contributed by atoms with Crippen LogP contribution in [0.3, 0.4) is 0 Å². The highest BCUT2D eigenvalue weighted by atomic mass is 16.5. The molecule has 3 fully saturated rings. The van der Waals surface area contributed by atoms with E-state index < -0.39 is 0 Å². The van der Waals surface area contributed by atoms with Crippen molar-refractivity contribution >= 4 is 11.7 Å². The Labute approximate surface area is 185 Å². The smallest absolute Gasteiger partial charge is 0.219 e. The predicted octanol–water partition coefficient (Wildman–Crippen LogP) is 2.80. The molecule has 0 radical (unpaired) electrons. The molecule has 1 amide bonds. The molecule has 2 atom stereocenters. The van der Waals surface area contributed by atoms with Crippen molar-refractivity contribution < 1.29 is 14.3 Å². The molecule has 3 heterocycles. The number of benzene rings is 1. The van der Waals surface area contributed by atoms with E-state index in [4.69, 9.17) is 14.9 Å². The quantitative estimate of drug-likeness (QED) is 0.781. The third-order valence-corrected chi connectivity index (χ3v) is 7.52. The third-order valence-electron chi connectivity index (χ3n) is 7.52. The van der Waals surface area contributed by atoms with E-state index in [1.54, 1.807) is 21.1 Å². The van der Waals surface area contributed by atoms with Gasteiger partial charge in [-0.25, -0.2) is 0 Å². The molecule has 0 aliphatic carbocycles. The van der Waals surface area contributed by atoms with Crippen LogP contribution in [-0.4, -0.2) is 86.0 Å². The van der Waals surface area contributed by atoms with E-state index in [1.165, 1.54) is 0 Å². The van der Waals surface area contributed by atoms with Crippen LogP contribution in [0.5, 0.6) is 11.5 Å². The summed E-state index contributed by atoms with van der Waals surface area (Å²) in [7, 11) is 5.52. The first-order chi connectivity index (χ1) is 14.9. The van der Waals surface area contributed by atoms with Gasteiger partial charge in [-0.05, 0) is 69.4 Å². The average Bonchev–Trinajstić information content (AvgIpc) is 2.78. The minimum Gasteiger partial charge on any atom is -0.497 e. The molecule has 1 aromatic rings. The maximum absolute atomic E-state index is 11.8. The number of amidine groups is 1. The van der Waals surface area contributed by atoms with Gasteiger partial charge in [-0.15, -0.1) is 0 Å². The lowest BCUT2D eigenvalue weighted by molar-refractivity contribution is -0.130. The van der Waals surface area contributed by atoms with Crippen molar-refractivity contribution in [1.82, 2.24) is 14.7 Å². The molecule has 170 valence electrons. The van der Waals surface area contributed by atoms with Crippen LogP contribution in [0.4, 0.5) is 0 Å². The molecule has 7 nitrogen and oxygen atoms in total. The summed E-state index contributed by atoms with van der Waals surface area (Å²) in [5.41, 5.74) is 1.10. The number of ether oxygens (including phenoxy) is 2. The second-order valence-corrected chi connectivity index (χ2v) is 9.28. The van der Waals surface area contributed by atoms with Crippen LogP contribution in [0.1, 0.15) is 44.1 Å². The first-order valence-electron chi connectivity index (χ1n) is 11.5. The van der Waals surface area contributed by atoms with Gasteiger partial charge in [0.05, 0.1) is 20.1 Å². The van der Waals surface area contributed by atoms with Crippen molar-refractivity contribution in [2.45, 2.75) is 50.6 Å². The number of nitrogens with one attached hydrogen (secondary N) is 1. The van der Waals surface area contributed by atoms with E-state index in [0.29, 0.717) is 18.0 Å². The fraction of sp³-hybridized carbons (Fsp3) is 0.667. The van der Waals surface area contributed by atoms with E-state index in [1.807, 2.05) is 11.0 Å². The molecule has 2 unspecified atom stereocenters. The van der Waals surface area contributed by atoms with Crippen molar-refractivity contribution in [2.75, 3.05) is 47.4 Å². The molecule has 0 bridgehead atoms. The Morgan fingerprint density at radius 3 is 2.06 bits per heavy atom. The number of hydrogen-bond acceptors (Lipinski definition) is 5. The standard InChI is InChI=1S/C24H36N4O3/c1-16(29)27-11-5-17(6-12-27)23-22(18-13-20(30-3)15-21(14-18)31-4)24(25)28(23)19-7-9-26(2)10-8-19/h13-15,17,19,22-23,25H,5-12H2,1-4H3. The maximum Gasteiger partial charge on any atom is 0.219 e. The van der Waals surface area contributed by atoms with Gasteiger partial charge in [-0.1, -0.05) is 0 Å². The summed E-state index contributed by atoms with van der Waals surface area (Å²) in [4.78, 5) is 18.6. The Balaban J connectivity index is 1.61. The van der Waals surface area contributed by atoms with Crippen LogP contribution in [0.15, 0.2) is 18.2 Å². The van der Waals surface area contributed by atoms with E-state index in [0.717, 1.165) is 74.8 Å². The van der Waals surface area contributed by atoms with Crippen molar-refractivity contribution in [3.63, 3.8) is 0 Å². The molecule has 31 heavy (non-hydrogen) atoms. The zero-order valence-corrected chi connectivity index (χ0v) is 19.3. The van der Waals surface area contributed by atoms with Crippen LogP contribution >= 0.6 is 0 Å². The summed E-state index contributed by atoms with van der Waals surface area (Å²) in [6.07, 6.45) is 4.21. The SMILES string of the molecule is COc1cc(OC)cc(C2C(=N)N(C3CCN(C)CC3)C2C2CCN(C(C)=O)CC2)c1. The van der Waals surface area contributed by atoms with E-state index in [-0.39, 0.29) is 11.8 Å². The van der Waals surface area contributed by atoms with Crippen molar-refractivity contribution in [3.8, 4) is 11.5 Å². The molecular formula is C24H36N4O3. The largest absolute Gasteiger partial charge is 0.497 e. The Kier molecular flexibility index (Phi) is 6.42. The number of piperidine rings is 2. The van der Waals surface area contributed by atoms with Crippen molar-refractivity contribution in [3.05, 3.63) is 23.8 Å². The molecule has 3 aliphatic rings. The highest BCUT2D eigenvalue weighted by Crippen LogP contribution is 2.47. The number of likely N-dealkylation sites (tertiary alicyclic amines) is 3. The number of hydrogen-bond donors (Lipinski definition) is 1. The molecule has 3 aliphatic heterocycles. The van der Waals surface area contributed by atoms with Gasteiger partial charge in [0, 0.05) is 38.2 Å². The zero-order chi connectivity index (χ0) is 22.1. The highest BCUT2D eigenvalue weighted by molar-refractivity contribution is 5.94. The van der Waals surface area contributed by atoms with E-state index >= 15 is 0 Å². The van der Waals surface area contributed by atoms with Gasteiger partial charge in [0.2, 0.25) is 5.91 Å². The third kappa shape index (κ3) is 4.25. The molecule has 0 spiro atoms. The van der Waals surface area contributed by atoms with Gasteiger partial charge in [0.25, 0.3) is 0 Å². The minimum absolute atomic E-state index is 0.0533. The zero-order valence-electron chi connectivity index (χ0n) is 19.3. The van der Waals surface area contributed by atoms with Gasteiger partial charge in [-0.2, -0.15) is 0 Å². The van der Waals surface area contributed by atoms with E-state index in [9.17, 15) is 4.79 Å².